The molecule has 0 aliphatic carbocycles. The molecule has 0 spiro atoms. The quantitative estimate of drug-likeness (QED) is 0.782. The molecule has 0 atom stereocenters. The van der Waals surface area contributed by atoms with Crippen LogP contribution >= 0.6 is 11.6 Å². The molecule has 1 aromatic rings. The Morgan fingerprint density at radius 1 is 1.44 bits per heavy atom. The van der Waals surface area contributed by atoms with E-state index in [2.05, 4.69) is 0 Å². The first-order valence-corrected chi connectivity index (χ1v) is 5.74. The van der Waals surface area contributed by atoms with Gasteiger partial charge in [0, 0.05) is 0 Å². The van der Waals surface area contributed by atoms with Gasteiger partial charge < -0.3 is 15.6 Å². The van der Waals surface area contributed by atoms with Gasteiger partial charge in [-0.3, -0.25) is 0 Å². The lowest BCUT2D eigenvalue weighted by Crippen LogP contribution is -2.01. The van der Waals surface area contributed by atoms with E-state index in [-0.39, 0.29) is 5.75 Å². The van der Waals surface area contributed by atoms with Crippen molar-refractivity contribution in [3.63, 3.8) is 0 Å². The second-order valence-electron chi connectivity index (χ2n) is 3.78. The second kappa shape index (κ2) is 5.97. The number of benzene rings is 1. The fourth-order valence-corrected chi connectivity index (χ4v) is 2.15. The van der Waals surface area contributed by atoms with Crippen molar-refractivity contribution in [2.24, 2.45) is 5.73 Å². The molecule has 0 heterocycles. The lowest BCUT2D eigenvalue weighted by Gasteiger charge is -2.13. The molecule has 0 aromatic heterocycles. The Kier molecular flexibility index (Phi) is 4.90. The zero-order valence-corrected chi connectivity index (χ0v) is 10.5. The summed E-state index contributed by atoms with van der Waals surface area (Å²) in [4.78, 5) is 0. The maximum absolute atomic E-state index is 9.64. The third kappa shape index (κ3) is 2.80. The second-order valence-corrected chi connectivity index (χ2v) is 4.16. The maximum Gasteiger partial charge on any atom is 0.179 e. The van der Waals surface area contributed by atoms with Crippen molar-refractivity contribution in [1.82, 2.24) is 0 Å². The number of halogens is 1. The normalized spacial score (nSPS) is 10.5. The molecule has 0 aliphatic heterocycles. The van der Waals surface area contributed by atoms with E-state index in [1.165, 1.54) is 7.11 Å². The molecule has 0 saturated heterocycles. The number of ether oxygens (including phenoxy) is 1. The van der Waals surface area contributed by atoms with Crippen molar-refractivity contribution in [3.05, 3.63) is 22.2 Å². The molecule has 4 heteroatoms. The first kappa shape index (κ1) is 13.1. The van der Waals surface area contributed by atoms with Gasteiger partial charge in [0.25, 0.3) is 0 Å². The smallest absolute Gasteiger partial charge is 0.179 e. The van der Waals surface area contributed by atoms with E-state index in [9.17, 15) is 5.11 Å². The van der Waals surface area contributed by atoms with E-state index in [4.69, 9.17) is 22.1 Å². The molecule has 0 fully saturated rings. The summed E-state index contributed by atoms with van der Waals surface area (Å²) in [6, 6.07) is 1.68. The number of phenolic OH excluding ortho intramolecular Hbond substituents is 1. The maximum atomic E-state index is 9.64. The molecular weight excluding hydrogens is 226 g/mol. The van der Waals surface area contributed by atoms with Gasteiger partial charge in [-0.1, -0.05) is 11.6 Å². The molecule has 0 bridgehead atoms. The molecule has 0 aliphatic rings. The predicted octanol–water partition coefficient (Wildman–Crippen LogP) is 2.64. The van der Waals surface area contributed by atoms with Crippen LogP contribution in [0.4, 0.5) is 0 Å². The van der Waals surface area contributed by atoms with Gasteiger partial charge in [0.2, 0.25) is 0 Å². The van der Waals surface area contributed by atoms with Gasteiger partial charge in [-0.2, -0.15) is 0 Å². The van der Waals surface area contributed by atoms with Crippen LogP contribution in [0.25, 0.3) is 0 Å². The number of rotatable bonds is 5. The van der Waals surface area contributed by atoms with Gasteiger partial charge in [-0.25, -0.2) is 0 Å². The van der Waals surface area contributed by atoms with Crippen molar-refractivity contribution >= 4 is 11.6 Å². The molecule has 0 radical (unpaired) electrons. The monoisotopic (exact) mass is 243 g/mol. The summed E-state index contributed by atoms with van der Waals surface area (Å²) in [5.74, 6) is 0.447. The molecule has 0 amide bonds. The summed E-state index contributed by atoms with van der Waals surface area (Å²) >= 11 is 6.18. The standard InChI is InChI=1S/C12H18ClNO2/c1-8-7-10(15)12(16-2)11(13)9(8)5-3-4-6-14/h7,15H,3-6,14H2,1-2H3. The molecule has 1 rings (SSSR count). The van der Waals surface area contributed by atoms with Crippen LogP contribution in [0.3, 0.4) is 0 Å². The van der Waals surface area contributed by atoms with Crippen molar-refractivity contribution in [2.45, 2.75) is 26.2 Å². The van der Waals surface area contributed by atoms with E-state index >= 15 is 0 Å². The van der Waals surface area contributed by atoms with Crippen LogP contribution in [0, 0.1) is 6.92 Å². The average Bonchev–Trinajstić information content (AvgIpc) is 2.23. The van der Waals surface area contributed by atoms with Crippen LogP contribution in [-0.2, 0) is 6.42 Å². The molecule has 3 nitrogen and oxygen atoms in total. The first-order chi connectivity index (χ1) is 7.61. The molecule has 1 aromatic carbocycles. The zero-order chi connectivity index (χ0) is 12.1. The van der Waals surface area contributed by atoms with Crippen LogP contribution in [0.2, 0.25) is 5.02 Å². The first-order valence-electron chi connectivity index (χ1n) is 5.36. The lowest BCUT2D eigenvalue weighted by atomic mass is 10.0. The Bertz CT molecular complexity index is 367. The summed E-state index contributed by atoms with van der Waals surface area (Å²) in [5, 5.41) is 10.1. The lowest BCUT2D eigenvalue weighted by molar-refractivity contribution is 0.373. The van der Waals surface area contributed by atoms with E-state index in [0.717, 1.165) is 30.4 Å². The summed E-state index contributed by atoms with van der Waals surface area (Å²) < 4.78 is 5.07. The highest BCUT2D eigenvalue weighted by molar-refractivity contribution is 6.33. The van der Waals surface area contributed by atoms with Crippen LogP contribution < -0.4 is 10.5 Å². The van der Waals surface area contributed by atoms with E-state index in [0.29, 0.717) is 17.3 Å². The summed E-state index contributed by atoms with van der Waals surface area (Å²) in [5.41, 5.74) is 7.47. The molecule has 90 valence electrons. The summed E-state index contributed by atoms with van der Waals surface area (Å²) in [6.45, 7) is 2.62. The molecule has 3 N–H and O–H groups in total. The Morgan fingerprint density at radius 3 is 2.69 bits per heavy atom. The van der Waals surface area contributed by atoms with Crippen LogP contribution in [0.1, 0.15) is 24.0 Å². The Labute approximate surface area is 101 Å². The number of aryl methyl sites for hydroxylation is 1. The number of methoxy groups -OCH3 is 1. The summed E-state index contributed by atoms with van der Waals surface area (Å²) in [7, 11) is 1.50. The summed E-state index contributed by atoms with van der Waals surface area (Å²) in [6.07, 6.45) is 2.82. The largest absolute Gasteiger partial charge is 0.504 e. The van der Waals surface area contributed by atoms with Crippen molar-refractivity contribution < 1.29 is 9.84 Å². The topological polar surface area (TPSA) is 55.5 Å². The van der Waals surface area contributed by atoms with Gasteiger partial charge in [0.15, 0.2) is 11.5 Å². The highest BCUT2D eigenvalue weighted by Gasteiger charge is 2.14. The van der Waals surface area contributed by atoms with Gasteiger partial charge in [0.1, 0.15) is 0 Å². The van der Waals surface area contributed by atoms with E-state index in [1.807, 2.05) is 6.92 Å². The number of nitrogens with two attached hydrogens (primary N) is 1. The number of hydrogen-bond donors (Lipinski definition) is 2. The zero-order valence-electron chi connectivity index (χ0n) is 9.72. The van der Waals surface area contributed by atoms with E-state index in [1.54, 1.807) is 6.07 Å². The Morgan fingerprint density at radius 2 is 2.12 bits per heavy atom. The Balaban J connectivity index is 2.98. The van der Waals surface area contributed by atoms with Crippen LogP contribution in [0.5, 0.6) is 11.5 Å². The highest BCUT2D eigenvalue weighted by atomic mass is 35.5. The number of hydrogen-bond acceptors (Lipinski definition) is 3. The third-order valence-electron chi connectivity index (χ3n) is 2.61. The molecule has 0 saturated carbocycles. The van der Waals surface area contributed by atoms with Crippen molar-refractivity contribution in [3.8, 4) is 11.5 Å². The fourth-order valence-electron chi connectivity index (χ4n) is 1.73. The number of phenols is 1. The fraction of sp³-hybridized carbons (Fsp3) is 0.500. The molecule has 16 heavy (non-hydrogen) atoms. The minimum Gasteiger partial charge on any atom is -0.504 e. The van der Waals surface area contributed by atoms with Gasteiger partial charge >= 0.3 is 0 Å². The average molecular weight is 244 g/mol. The number of unbranched alkanes of at least 4 members (excludes halogenated alkanes) is 1. The third-order valence-corrected chi connectivity index (χ3v) is 3.01. The van der Waals surface area contributed by atoms with Crippen LogP contribution in [0.15, 0.2) is 6.07 Å². The minimum atomic E-state index is 0.0903. The van der Waals surface area contributed by atoms with Crippen LogP contribution in [-0.4, -0.2) is 18.8 Å². The van der Waals surface area contributed by atoms with Gasteiger partial charge in [0.05, 0.1) is 12.1 Å². The van der Waals surface area contributed by atoms with E-state index < -0.39 is 0 Å². The van der Waals surface area contributed by atoms with Crippen molar-refractivity contribution in [1.29, 1.82) is 0 Å². The van der Waals surface area contributed by atoms with Crippen molar-refractivity contribution in [2.75, 3.05) is 13.7 Å². The van der Waals surface area contributed by atoms with Gasteiger partial charge in [-0.15, -0.1) is 0 Å². The highest BCUT2D eigenvalue weighted by Crippen LogP contribution is 2.39. The Hall–Kier alpha value is -0.930. The van der Waals surface area contributed by atoms with Gasteiger partial charge in [-0.05, 0) is 49.9 Å². The SMILES string of the molecule is COc1c(O)cc(C)c(CCCCN)c1Cl. The predicted molar refractivity (Wildman–Crippen MR) is 66.4 cm³/mol. The molecule has 0 unspecified atom stereocenters. The number of aromatic hydroxyl groups is 1. The minimum absolute atomic E-state index is 0.0903. The molecular formula is C12H18ClNO2.